The molecule has 4 rings (SSSR count). The first-order valence-electron chi connectivity index (χ1n) is 10.9. The second-order valence-electron chi connectivity index (χ2n) is 8.79. The summed E-state index contributed by atoms with van der Waals surface area (Å²) in [5.74, 6) is 1.57. The molecule has 0 bridgehead atoms. The van der Waals surface area contributed by atoms with Gasteiger partial charge in [0, 0.05) is 36.5 Å². The largest absolute Gasteiger partial charge is 0.493 e. The second kappa shape index (κ2) is 8.24. The summed E-state index contributed by atoms with van der Waals surface area (Å²) >= 11 is 0. The van der Waals surface area contributed by atoms with Crippen molar-refractivity contribution in [3.05, 3.63) is 29.3 Å². The van der Waals surface area contributed by atoms with Gasteiger partial charge in [0.1, 0.15) is 5.75 Å². The average molecular weight is 385 g/mol. The van der Waals surface area contributed by atoms with Crippen LogP contribution >= 0.6 is 0 Å². The number of nitrogens with zero attached hydrogens (tertiary/aromatic N) is 1. The molecule has 2 amide bonds. The zero-order valence-corrected chi connectivity index (χ0v) is 17.1. The molecule has 1 saturated carbocycles. The number of ether oxygens (including phenoxy) is 1. The Morgan fingerprint density at radius 2 is 1.75 bits per heavy atom. The van der Waals surface area contributed by atoms with Crippen LogP contribution in [0.1, 0.15) is 88.3 Å². The van der Waals surface area contributed by atoms with E-state index in [9.17, 15) is 9.59 Å². The van der Waals surface area contributed by atoms with Gasteiger partial charge in [0.2, 0.25) is 11.8 Å². The van der Waals surface area contributed by atoms with Crippen LogP contribution in [0.4, 0.5) is 0 Å². The molecule has 1 saturated heterocycles. The maximum Gasteiger partial charge on any atom is 0.229 e. The van der Waals surface area contributed by atoms with Gasteiger partial charge in [0.05, 0.1) is 6.61 Å². The maximum atomic E-state index is 12.0. The zero-order valence-electron chi connectivity index (χ0n) is 17.1. The van der Waals surface area contributed by atoms with Gasteiger partial charge >= 0.3 is 0 Å². The van der Waals surface area contributed by atoms with Crippen molar-refractivity contribution >= 4 is 11.8 Å². The Morgan fingerprint density at radius 1 is 1.04 bits per heavy atom. The monoisotopic (exact) mass is 384 g/mol. The Labute approximate surface area is 167 Å². The molecule has 2 fully saturated rings. The first-order valence-corrected chi connectivity index (χ1v) is 10.9. The van der Waals surface area contributed by atoms with Crippen molar-refractivity contribution in [2.24, 2.45) is 0 Å². The van der Waals surface area contributed by atoms with E-state index in [-0.39, 0.29) is 17.9 Å². The van der Waals surface area contributed by atoms with Gasteiger partial charge in [0.25, 0.3) is 0 Å². The number of para-hydroxylation sites is 1. The van der Waals surface area contributed by atoms with Crippen LogP contribution in [0.5, 0.6) is 5.75 Å². The molecule has 2 aliphatic heterocycles. The molecule has 1 atom stereocenters. The summed E-state index contributed by atoms with van der Waals surface area (Å²) in [4.78, 5) is 25.6. The normalized spacial score (nSPS) is 28.2. The highest BCUT2D eigenvalue weighted by Crippen LogP contribution is 2.38. The Hall–Kier alpha value is -1.88. The standard InChI is InChI=1S/C23H32N2O3/c1-15(2)18-5-3-6-19-20(7-4-14-28-23(18)19)24-16-8-10-17(11-9-16)25-21(26)12-13-22(25)27/h3,5-6,15-17,20,24H,4,7-14H2,1-2H3/t16?,17?,20-/m0/s1. The Kier molecular flexibility index (Phi) is 5.72. The van der Waals surface area contributed by atoms with Crippen LogP contribution in [0.15, 0.2) is 18.2 Å². The van der Waals surface area contributed by atoms with Crippen molar-refractivity contribution in [3.8, 4) is 5.75 Å². The summed E-state index contributed by atoms with van der Waals surface area (Å²) in [6.07, 6.45) is 6.78. The minimum absolute atomic E-state index is 0.0254. The van der Waals surface area contributed by atoms with Gasteiger partial charge in [-0.1, -0.05) is 32.0 Å². The molecule has 0 radical (unpaired) electrons. The number of fused-ring (bicyclic) bond motifs is 1. The zero-order chi connectivity index (χ0) is 19.7. The fourth-order valence-electron chi connectivity index (χ4n) is 5.05. The SMILES string of the molecule is CC(C)c1cccc2c1OCCC[C@@H]2NC1CCC(N2C(=O)CCC2=O)CC1. The molecular weight excluding hydrogens is 352 g/mol. The molecule has 1 aliphatic carbocycles. The number of carbonyl (C=O) groups excluding carboxylic acids is 2. The molecule has 3 aliphatic rings. The smallest absolute Gasteiger partial charge is 0.229 e. The molecule has 1 N–H and O–H groups in total. The van der Waals surface area contributed by atoms with E-state index >= 15 is 0 Å². The molecule has 152 valence electrons. The quantitative estimate of drug-likeness (QED) is 0.795. The maximum absolute atomic E-state index is 12.0. The van der Waals surface area contributed by atoms with Gasteiger partial charge in [-0.05, 0) is 50.0 Å². The number of hydrogen-bond donors (Lipinski definition) is 1. The van der Waals surface area contributed by atoms with E-state index in [1.54, 1.807) is 4.90 Å². The van der Waals surface area contributed by atoms with Crippen LogP contribution < -0.4 is 10.1 Å². The number of rotatable bonds is 4. The Bertz CT molecular complexity index is 721. The topological polar surface area (TPSA) is 58.6 Å². The van der Waals surface area contributed by atoms with Crippen LogP contribution in [0.25, 0.3) is 0 Å². The van der Waals surface area contributed by atoms with Crippen molar-refractivity contribution in [1.29, 1.82) is 0 Å². The molecule has 1 aromatic rings. The Balaban J connectivity index is 1.43. The summed E-state index contributed by atoms with van der Waals surface area (Å²) < 4.78 is 6.15. The van der Waals surface area contributed by atoms with Crippen LogP contribution in [0.2, 0.25) is 0 Å². The van der Waals surface area contributed by atoms with Crippen LogP contribution in [-0.2, 0) is 9.59 Å². The number of benzene rings is 1. The number of carbonyl (C=O) groups is 2. The third-order valence-corrected chi connectivity index (χ3v) is 6.55. The van der Waals surface area contributed by atoms with Gasteiger partial charge in [-0.25, -0.2) is 0 Å². The molecule has 0 unspecified atom stereocenters. The fourth-order valence-corrected chi connectivity index (χ4v) is 5.05. The van der Waals surface area contributed by atoms with Gasteiger partial charge in [-0.3, -0.25) is 14.5 Å². The van der Waals surface area contributed by atoms with Crippen LogP contribution in [0.3, 0.4) is 0 Å². The summed E-state index contributed by atoms with van der Waals surface area (Å²) in [7, 11) is 0. The summed E-state index contributed by atoms with van der Waals surface area (Å²) in [5, 5.41) is 3.89. The summed E-state index contributed by atoms with van der Waals surface area (Å²) in [6, 6.07) is 7.39. The van der Waals surface area contributed by atoms with Crippen molar-refractivity contribution in [3.63, 3.8) is 0 Å². The van der Waals surface area contributed by atoms with Gasteiger partial charge in [-0.15, -0.1) is 0 Å². The highest BCUT2D eigenvalue weighted by atomic mass is 16.5. The number of likely N-dealkylation sites (tertiary alicyclic amines) is 1. The van der Waals surface area contributed by atoms with Gasteiger partial charge in [0.15, 0.2) is 0 Å². The summed E-state index contributed by atoms with van der Waals surface area (Å²) in [5.41, 5.74) is 2.58. The minimum Gasteiger partial charge on any atom is -0.493 e. The predicted octanol–water partition coefficient (Wildman–Crippen LogP) is 4.07. The van der Waals surface area contributed by atoms with E-state index in [1.165, 1.54) is 11.1 Å². The van der Waals surface area contributed by atoms with Crippen LogP contribution in [-0.4, -0.2) is 35.4 Å². The highest BCUT2D eigenvalue weighted by Gasteiger charge is 2.37. The first kappa shape index (κ1) is 19.4. The number of hydrogen-bond acceptors (Lipinski definition) is 4. The van der Waals surface area contributed by atoms with Crippen LogP contribution in [0, 0.1) is 0 Å². The van der Waals surface area contributed by atoms with Crippen molar-refractivity contribution < 1.29 is 14.3 Å². The lowest BCUT2D eigenvalue weighted by Gasteiger charge is -2.35. The molecule has 28 heavy (non-hydrogen) atoms. The lowest BCUT2D eigenvalue weighted by atomic mass is 9.88. The lowest BCUT2D eigenvalue weighted by molar-refractivity contribution is -0.141. The third kappa shape index (κ3) is 3.82. The predicted molar refractivity (Wildman–Crippen MR) is 108 cm³/mol. The van der Waals surface area contributed by atoms with Crippen molar-refractivity contribution in [2.45, 2.75) is 89.3 Å². The average Bonchev–Trinajstić information content (AvgIpc) is 2.89. The fraction of sp³-hybridized carbons (Fsp3) is 0.652. The highest BCUT2D eigenvalue weighted by molar-refractivity contribution is 6.02. The van der Waals surface area contributed by atoms with E-state index < -0.39 is 0 Å². The molecule has 0 aromatic heterocycles. The number of nitrogens with one attached hydrogen (secondary N) is 1. The Morgan fingerprint density at radius 3 is 2.43 bits per heavy atom. The molecule has 2 heterocycles. The third-order valence-electron chi connectivity index (χ3n) is 6.55. The molecule has 1 aromatic carbocycles. The molecule has 5 heteroatoms. The first-order chi connectivity index (χ1) is 13.5. The van der Waals surface area contributed by atoms with E-state index in [0.29, 0.717) is 30.8 Å². The van der Waals surface area contributed by atoms with Gasteiger partial charge in [-0.2, -0.15) is 0 Å². The minimum atomic E-state index is 0.0254. The van der Waals surface area contributed by atoms with E-state index in [1.807, 2.05) is 0 Å². The number of amides is 2. The van der Waals surface area contributed by atoms with Crippen molar-refractivity contribution in [2.75, 3.05) is 6.61 Å². The second-order valence-corrected chi connectivity index (χ2v) is 8.79. The van der Waals surface area contributed by atoms with Gasteiger partial charge < -0.3 is 10.1 Å². The van der Waals surface area contributed by atoms with E-state index in [4.69, 9.17) is 4.74 Å². The van der Waals surface area contributed by atoms with Crippen molar-refractivity contribution in [1.82, 2.24) is 10.2 Å². The molecule has 0 spiro atoms. The molecule has 5 nitrogen and oxygen atoms in total. The van der Waals surface area contributed by atoms with E-state index in [2.05, 4.69) is 37.4 Å². The van der Waals surface area contributed by atoms with E-state index in [0.717, 1.165) is 50.9 Å². The number of imide groups is 1. The molecular formula is C23H32N2O3. The summed E-state index contributed by atoms with van der Waals surface area (Å²) in [6.45, 7) is 5.21. The lowest BCUT2D eigenvalue weighted by Crippen LogP contribution is -2.45.